The van der Waals surface area contributed by atoms with Gasteiger partial charge in [-0.2, -0.15) is 0 Å². The van der Waals surface area contributed by atoms with E-state index < -0.39 is 26.3 Å². The summed E-state index contributed by atoms with van der Waals surface area (Å²) < 4.78 is 5.38. The number of carboxylic acids is 1. The first-order valence-corrected chi connectivity index (χ1v) is 10.0. The predicted octanol–water partition coefficient (Wildman–Crippen LogP) is 3.39. The van der Waals surface area contributed by atoms with Crippen molar-refractivity contribution in [3.05, 3.63) is 59.9 Å². The molecule has 2 N–H and O–H groups in total. The number of pyridine rings is 1. The first-order valence-electron chi connectivity index (χ1n) is 7.75. The molecule has 0 unspecified atom stereocenters. The van der Waals surface area contributed by atoms with Gasteiger partial charge in [0.15, 0.2) is 0 Å². The predicted molar refractivity (Wildman–Crippen MR) is 97.2 cm³/mol. The van der Waals surface area contributed by atoms with Gasteiger partial charge in [-0.3, -0.25) is 0 Å². The number of para-hydroxylation sites is 1. The van der Waals surface area contributed by atoms with Crippen molar-refractivity contribution >= 4 is 37.1 Å². The molecule has 0 spiro atoms. The Morgan fingerprint density at radius 1 is 1.08 bits per heavy atom. The summed E-state index contributed by atoms with van der Waals surface area (Å²) in [6.45, 7) is 1.73. The van der Waals surface area contributed by atoms with E-state index in [-0.39, 0.29) is 16.7 Å². The molecule has 2 aromatic carbocycles. The molecule has 0 atom stereocenters. The van der Waals surface area contributed by atoms with Crippen LogP contribution in [-0.4, -0.2) is 41.5 Å². The maximum absolute atomic E-state index is 12.2. The third-order valence-corrected chi connectivity index (χ3v) is 5.63. The zero-order chi connectivity index (χ0) is 18.7. The van der Waals surface area contributed by atoms with Crippen molar-refractivity contribution in [2.45, 2.75) is 12.1 Å². The normalized spacial score (nSPS) is 11.1. The summed E-state index contributed by atoms with van der Waals surface area (Å²) in [5, 5.41) is 20.1. The van der Waals surface area contributed by atoms with Crippen molar-refractivity contribution in [3.63, 3.8) is 0 Å². The van der Waals surface area contributed by atoms with Crippen LogP contribution in [0, 0.1) is 6.92 Å². The molecule has 0 amide bonds. The number of hydrogen-bond donors (Lipinski definition) is 2. The number of rotatable bonds is 6. The molecule has 131 valence electrons. The number of carbonyl (C=O) groups is 2. The number of aliphatic carboxylic acids is 1. The van der Waals surface area contributed by atoms with Crippen molar-refractivity contribution in [2.75, 3.05) is 0 Å². The van der Waals surface area contributed by atoms with E-state index in [1.165, 1.54) is 0 Å². The fraction of sp³-hybridized carbons (Fsp3) is 0.105. The van der Waals surface area contributed by atoms with Gasteiger partial charge in [0, 0.05) is 0 Å². The Hall–Kier alpha value is -2.85. The van der Waals surface area contributed by atoms with E-state index in [1.807, 2.05) is 30.3 Å². The Bertz CT molecular complexity index is 988. The van der Waals surface area contributed by atoms with Gasteiger partial charge in [0.2, 0.25) is 0 Å². The number of fused-ring (bicyclic) bond motifs is 1. The number of ether oxygens (including phenoxy) is 1. The van der Waals surface area contributed by atoms with Crippen molar-refractivity contribution in [3.8, 4) is 17.2 Å². The van der Waals surface area contributed by atoms with E-state index in [0.717, 1.165) is 0 Å². The Balaban J connectivity index is 1.96. The monoisotopic (exact) mass is 412 g/mol. The SMILES string of the molecule is Cc1nc(C(=O)[As]CC(=O)O)c(O)c2ccc(Oc3ccccc3)cc12. The third kappa shape index (κ3) is 3.86. The van der Waals surface area contributed by atoms with Gasteiger partial charge in [-0.25, -0.2) is 0 Å². The number of carbonyl (C=O) groups excluding carboxylic acids is 1. The number of nitrogens with zero attached hydrogens (tertiary/aromatic N) is 1. The number of benzene rings is 2. The van der Waals surface area contributed by atoms with E-state index in [4.69, 9.17) is 9.84 Å². The van der Waals surface area contributed by atoms with E-state index in [2.05, 4.69) is 4.98 Å². The van der Waals surface area contributed by atoms with E-state index >= 15 is 0 Å². The molecule has 0 aliphatic carbocycles. The van der Waals surface area contributed by atoms with Crippen LogP contribution in [0.4, 0.5) is 0 Å². The standard InChI is InChI=1S/C19H15AsNO5/c1-11-15-9-13(26-12-5-3-2-4-6-12)7-8-14(15)18(24)17(21-11)19(25)20-10-16(22)23/h2-9,24H,10H2,1H3,(H,22,23). The average molecular weight is 412 g/mol. The van der Waals surface area contributed by atoms with Gasteiger partial charge >= 0.3 is 156 Å². The molecule has 1 aromatic heterocycles. The number of hydrogen-bond acceptors (Lipinski definition) is 5. The summed E-state index contributed by atoms with van der Waals surface area (Å²) in [4.78, 5) is 27.1. The van der Waals surface area contributed by atoms with Crippen LogP contribution in [0.15, 0.2) is 48.5 Å². The molecule has 7 heteroatoms. The molecule has 0 aliphatic rings. The number of aryl methyl sites for hydroxylation is 1. The summed E-state index contributed by atoms with van der Waals surface area (Å²) in [5.41, 5.74) is 0.504. The maximum atomic E-state index is 12.2. The number of carboxylic acid groups (broad SMARTS) is 1. The van der Waals surface area contributed by atoms with Crippen molar-refractivity contribution < 1.29 is 24.5 Å². The molecule has 0 fully saturated rings. The van der Waals surface area contributed by atoms with Gasteiger partial charge in [-0.1, -0.05) is 0 Å². The van der Waals surface area contributed by atoms with Crippen LogP contribution in [0.2, 0.25) is 5.21 Å². The summed E-state index contributed by atoms with van der Waals surface area (Å²) in [5.74, 6) is 0.0242. The average Bonchev–Trinajstić information content (AvgIpc) is 2.63. The van der Waals surface area contributed by atoms with E-state index in [9.17, 15) is 14.7 Å². The first-order chi connectivity index (χ1) is 12.5. The van der Waals surface area contributed by atoms with Crippen LogP contribution in [0.3, 0.4) is 0 Å². The Kier molecular flexibility index (Phi) is 5.24. The van der Waals surface area contributed by atoms with Crippen molar-refractivity contribution in [2.24, 2.45) is 0 Å². The molecule has 6 nitrogen and oxygen atoms in total. The van der Waals surface area contributed by atoms with Gasteiger partial charge in [-0.05, 0) is 0 Å². The number of aromatic hydroxyl groups is 1. The first kappa shape index (κ1) is 18.0. The topological polar surface area (TPSA) is 96.7 Å². The van der Waals surface area contributed by atoms with E-state index in [1.54, 1.807) is 25.1 Å². The van der Waals surface area contributed by atoms with Crippen LogP contribution in [0.5, 0.6) is 17.2 Å². The molecule has 1 heterocycles. The minimum atomic E-state index is -1.11. The molecule has 3 rings (SSSR count). The van der Waals surface area contributed by atoms with Gasteiger partial charge in [0.25, 0.3) is 0 Å². The van der Waals surface area contributed by atoms with Crippen LogP contribution >= 0.6 is 0 Å². The van der Waals surface area contributed by atoms with Crippen LogP contribution < -0.4 is 4.74 Å². The Labute approximate surface area is 156 Å². The third-order valence-electron chi connectivity index (χ3n) is 3.68. The van der Waals surface area contributed by atoms with E-state index in [0.29, 0.717) is 28.0 Å². The quantitative estimate of drug-likeness (QED) is 0.603. The van der Waals surface area contributed by atoms with Gasteiger partial charge in [0.1, 0.15) is 0 Å². The molecule has 26 heavy (non-hydrogen) atoms. The summed E-state index contributed by atoms with van der Waals surface area (Å²) in [6, 6.07) is 14.4. The second kappa shape index (κ2) is 7.58. The molecule has 0 saturated carbocycles. The fourth-order valence-corrected chi connectivity index (χ4v) is 3.72. The zero-order valence-corrected chi connectivity index (χ0v) is 15.7. The van der Waals surface area contributed by atoms with Crippen LogP contribution in [0.1, 0.15) is 16.2 Å². The minimum absolute atomic E-state index is 0.0621. The molecule has 0 bridgehead atoms. The van der Waals surface area contributed by atoms with Gasteiger partial charge in [-0.15, -0.1) is 0 Å². The Morgan fingerprint density at radius 3 is 2.50 bits per heavy atom. The molecule has 3 aromatic rings. The van der Waals surface area contributed by atoms with Crippen LogP contribution in [-0.2, 0) is 4.79 Å². The zero-order valence-electron chi connectivity index (χ0n) is 13.8. The molecular weight excluding hydrogens is 397 g/mol. The molecular formula is C19H15AsNO5. The molecule has 0 saturated heterocycles. The number of aromatic nitrogens is 1. The van der Waals surface area contributed by atoms with Crippen LogP contribution in [0.25, 0.3) is 10.8 Å². The summed E-state index contributed by atoms with van der Waals surface area (Å²) in [6.07, 6.45) is 0. The summed E-state index contributed by atoms with van der Waals surface area (Å²) in [7, 11) is 0. The van der Waals surface area contributed by atoms with Gasteiger partial charge < -0.3 is 0 Å². The van der Waals surface area contributed by atoms with Crippen molar-refractivity contribution in [1.82, 2.24) is 4.98 Å². The Morgan fingerprint density at radius 2 is 1.81 bits per heavy atom. The fourth-order valence-electron chi connectivity index (χ4n) is 2.49. The van der Waals surface area contributed by atoms with Crippen molar-refractivity contribution in [1.29, 1.82) is 0 Å². The molecule has 0 aliphatic heterocycles. The molecule has 1 radical (unpaired) electrons. The van der Waals surface area contributed by atoms with Gasteiger partial charge in [0.05, 0.1) is 0 Å². The second-order valence-electron chi connectivity index (χ2n) is 5.53. The second-order valence-corrected chi connectivity index (χ2v) is 7.71. The summed E-state index contributed by atoms with van der Waals surface area (Å²) >= 11 is -1.11.